The molecule has 0 aromatic heterocycles. The maximum Gasteiger partial charge on any atom is 0.106 e. The molecule has 0 radical (unpaired) electrons. The van der Waals surface area contributed by atoms with Gasteiger partial charge in [-0.3, -0.25) is 0 Å². The van der Waals surface area contributed by atoms with Gasteiger partial charge in [-0.15, -0.1) is 0 Å². The van der Waals surface area contributed by atoms with Crippen LogP contribution in [0.15, 0.2) is 109 Å². The van der Waals surface area contributed by atoms with Gasteiger partial charge < -0.3 is 4.48 Å². The van der Waals surface area contributed by atoms with Crippen molar-refractivity contribution < 1.29 is 4.48 Å². The third-order valence-corrected chi connectivity index (χ3v) is 10.4. The molecule has 0 unspecified atom stereocenters. The Morgan fingerprint density at radius 3 is 1.41 bits per heavy atom. The van der Waals surface area contributed by atoms with Crippen molar-refractivity contribution in [3.8, 4) is 45.5 Å². The summed E-state index contributed by atoms with van der Waals surface area (Å²) in [7, 11) is 0. The summed E-state index contributed by atoms with van der Waals surface area (Å²) in [5, 5.41) is 24.7. The van der Waals surface area contributed by atoms with Crippen LogP contribution in [0.25, 0.3) is 54.9 Å². The van der Waals surface area contributed by atoms with Gasteiger partial charge >= 0.3 is 0 Å². The third-order valence-electron chi connectivity index (χ3n) is 10.4. The SMILES string of the molecule is N#Cc1cccc(-c2cc3ccccc3c3c2C[N+]2(CCCCCCC2)Cc2c(-c4cccc(C#N)c4)cc4ccccc4c2-3)c1. The van der Waals surface area contributed by atoms with Crippen LogP contribution in [0.2, 0.25) is 0 Å². The van der Waals surface area contributed by atoms with Gasteiger partial charge in [-0.1, -0.05) is 79.2 Å². The third kappa shape index (κ3) is 4.85. The largest absolute Gasteiger partial charge is 0.316 e. The zero-order valence-corrected chi connectivity index (χ0v) is 26.1. The maximum absolute atomic E-state index is 9.87. The number of benzene rings is 6. The van der Waals surface area contributed by atoms with E-state index >= 15 is 0 Å². The van der Waals surface area contributed by atoms with E-state index in [-0.39, 0.29) is 0 Å². The zero-order valence-electron chi connectivity index (χ0n) is 26.1. The Hall–Kier alpha value is -5.22. The molecule has 0 amide bonds. The highest BCUT2D eigenvalue weighted by Gasteiger charge is 2.38. The Labute approximate surface area is 271 Å². The summed E-state index contributed by atoms with van der Waals surface area (Å²) in [5.41, 5.74) is 11.5. The lowest BCUT2D eigenvalue weighted by molar-refractivity contribution is -0.954. The summed E-state index contributed by atoms with van der Waals surface area (Å²) < 4.78 is 1.02. The van der Waals surface area contributed by atoms with Gasteiger partial charge in [0.05, 0.1) is 36.4 Å². The second kappa shape index (κ2) is 11.6. The average molecular weight is 595 g/mol. The van der Waals surface area contributed by atoms with Crippen molar-refractivity contribution in [3.05, 3.63) is 131 Å². The van der Waals surface area contributed by atoms with Crippen molar-refractivity contribution in [2.75, 3.05) is 13.1 Å². The molecule has 222 valence electrons. The molecule has 6 aromatic carbocycles. The fourth-order valence-electron chi connectivity index (χ4n) is 8.29. The lowest BCUT2D eigenvalue weighted by atomic mass is 9.82. The Morgan fingerprint density at radius 2 is 0.935 bits per heavy atom. The minimum atomic E-state index is 0.689. The van der Waals surface area contributed by atoms with Gasteiger partial charge in [-0.05, 0) is 106 Å². The van der Waals surface area contributed by atoms with E-state index in [0.717, 1.165) is 41.8 Å². The number of fused-ring (bicyclic) bond motifs is 7. The van der Waals surface area contributed by atoms with Gasteiger partial charge in [-0.2, -0.15) is 10.5 Å². The molecular weight excluding hydrogens is 558 g/mol. The summed E-state index contributed by atoms with van der Waals surface area (Å²) in [6.07, 6.45) is 6.34. The number of hydrogen-bond acceptors (Lipinski definition) is 2. The van der Waals surface area contributed by atoms with Crippen molar-refractivity contribution in [2.45, 2.75) is 45.2 Å². The van der Waals surface area contributed by atoms with Crippen LogP contribution >= 0.6 is 0 Å². The molecule has 1 spiro atoms. The number of nitriles is 2. The van der Waals surface area contributed by atoms with Crippen LogP contribution in [0, 0.1) is 22.7 Å². The normalized spacial score (nSPS) is 15.6. The first-order chi connectivity index (χ1) is 22.7. The fourth-order valence-corrected chi connectivity index (χ4v) is 8.29. The average Bonchev–Trinajstić information content (AvgIpc) is 3.25. The molecule has 0 atom stereocenters. The summed E-state index contributed by atoms with van der Waals surface area (Å²) in [6, 6.07) is 43.5. The molecule has 3 nitrogen and oxygen atoms in total. The van der Waals surface area contributed by atoms with Crippen LogP contribution in [0.1, 0.15) is 54.4 Å². The Bertz CT molecular complexity index is 2070. The van der Waals surface area contributed by atoms with Gasteiger partial charge in [0.15, 0.2) is 0 Å². The van der Waals surface area contributed by atoms with Crippen molar-refractivity contribution in [1.82, 2.24) is 0 Å². The highest BCUT2D eigenvalue weighted by Crippen LogP contribution is 2.50. The molecule has 0 aliphatic carbocycles. The highest BCUT2D eigenvalue weighted by atomic mass is 15.4. The second-order valence-electron chi connectivity index (χ2n) is 13.3. The van der Waals surface area contributed by atoms with E-state index in [9.17, 15) is 10.5 Å². The van der Waals surface area contributed by atoms with Gasteiger partial charge in [-0.25, -0.2) is 0 Å². The molecule has 6 aromatic rings. The van der Waals surface area contributed by atoms with Crippen molar-refractivity contribution in [1.29, 1.82) is 10.5 Å². The van der Waals surface area contributed by atoms with E-state index in [1.54, 1.807) is 0 Å². The molecule has 0 N–H and O–H groups in total. The first kappa shape index (κ1) is 28.3. The van der Waals surface area contributed by atoms with Crippen molar-refractivity contribution in [2.24, 2.45) is 0 Å². The van der Waals surface area contributed by atoms with E-state index < -0.39 is 0 Å². The first-order valence-corrected chi connectivity index (χ1v) is 16.6. The zero-order chi connectivity index (χ0) is 31.1. The van der Waals surface area contributed by atoms with Crippen LogP contribution in [0.5, 0.6) is 0 Å². The highest BCUT2D eigenvalue weighted by molar-refractivity contribution is 6.12. The van der Waals surface area contributed by atoms with Gasteiger partial charge in [0.1, 0.15) is 13.1 Å². The van der Waals surface area contributed by atoms with Gasteiger partial charge in [0, 0.05) is 22.3 Å². The lowest BCUT2D eigenvalue weighted by Crippen LogP contribution is -2.48. The molecule has 0 bridgehead atoms. The van der Waals surface area contributed by atoms with Crippen molar-refractivity contribution in [3.63, 3.8) is 0 Å². The lowest BCUT2D eigenvalue weighted by Gasteiger charge is -2.40. The van der Waals surface area contributed by atoms with E-state index in [0.29, 0.717) is 11.1 Å². The van der Waals surface area contributed by atoms with Crippen LogP contribution in [-0.2, 0) is 13.1 Å². The molecule has 8 rings (SSSR count). The number of nitrogens with zero attached hydrogens (tertiary/aromatic N) is 3. The minimum Gasteiger partial charge on any atom is -0.316 e. The fraction of sp³-hybridized carbons (Fsp3) is 0.209. The molecule has 2 heterocycles. The molecular formula is C43H36N3+. The predicted molar refractivity (Wildman–Crippen MR) is 188 cm³/mol. The first-order valence-electron chi connectivity index (χ1n) is 16.6. The molecule has 3 heteroatoms. The van der Waals surface area contributed by atoms with Crippen LogP contribution < -0.4 is 0 Å². The number of rotatable bonds is 2. The molecule has 2 aliphatic heterocycles. The van der Waals surface area contributed by atoms with E-state index in [1.807, 2.05) is 24.3 Å². The Balaban J connectivity index is 1.55. The van der Waals surface area contributed by atoms with Crippen molar-refractivity contribution >= 4 is 21.5 Å². The topological polar surface area (TPSA) is 47.6 Å². The number of hydrogen-bond donors (Lipinski definition) is 0. The monoisotopic (exact) mass is 594 g/mol. The summed E-state index contributed by atoms with van der Waals surface area (Å²) in [4.78, 5) is 0. The summed E-state index contributed by atoms with van der Waals surface area (Å²) in [5.74, 6) is 0. The van der Waals surface area contributed by atoms with Gasteiger partial charge in [0.2, 0.25) is 0 Å². The Morgan fingerprint density at radius 1 is 0.478 bits per heavy atom. The smallest absolute Gasteiger partial charge is 0.106 e. The number of quaternary nitrogens is 1. The predicted octanol–water partition coefficient (Wildman–Crippen LogP) is 10.5. The molecule has 0 saturated carbocycles. The quantitative estimate of drug-likeness (QED) is 0.187. The molecule has 2 aliphatic rings. The van der Waals surface area contributed by atoms with Crippen LogP contribution in [0.3, 0.4) is 0 Å². The van der Waals surface area contributed by atoms with E-state index in [1.165, 1.54) is 87.0 Å². The molecule has 46 heavy (non-hydrogen) atoms. The van der Waals surface area contributed by atoms with Crippen LogP contribution in [0.4, 0.5) is 0 Å². The van der Waals surface area contributed by atoms with Crippen LogP contribution in [-0.4, -0.2) is 17.6 Å². The second-order valence-corrected chi connectivity index (χ2v) is 13.3. The minimum absolute atomic E-state index is 0.689. The maximum atomic E-state index is 9.87. The Kier molecular flexibility index (Phi) is 7.14. The van der Waals surface area contributed by atoms with E-state index in [2.05, 4.69) is 97.1 Å². The van der Waals surface area contributed by atoms with E-state index in [4.69, 9.17) is 0 Å². The summed E-state index contributed by atoms with van der Waals surface area (Å²) in [6.45, 7) is 4.20. The summed E-state index contributed by atoms with van der Waals surface area (Å²) >= 11 is 0. The van der Waals surface area contributed by atoms with Gasteiger partial charge in [0.25, 0.3) is 0 Å². The molecule has 1 fully saturated rings. The molecule has 1 saturated heterocycles. The standard InChI is InChI=1S/C43H36N3/c44-26-30-12-10-16-32(22-30)38-24-34-14-4-6-18-36(34)42-40(38)28-46(20-8-2-1-3-9-21-46)29-41-39(33-17-11-13-31(23-33)27-45)25-35-15-5-7-19-37(35)43(41)42/h4-7,10-19,22-25H,1-3,8-9,20-21,28-29H2/q+1.